The highest BCUT2D eigenvalue weighted by Crippen LogP contribution is 2.34. The van der Waals surface area contributed by atoms with Crippen LogP contribution in [0.25, 0.3) is 11.3 Å². The van der Waals surface area contributed by atoms with E-state index < -0.39 is 23.3 Å². The van der Waals surface area contributed by atoms with E-state index in [2.05, 4.69) is 15.0 Å². The summed E-state index contributed by atoms with van der Waals surface area (Å²) in [5, 5.41) is 9.68. The van der Waals surface area contributed by atoms with E-state index >= 15 is 0 Å². The number of carbonyl (C=O) groups is 1. The van der Waals surface area contributed by atoms with Gasteiger partial charge in [0.1, 0.15) is 5.69 Å². The van der Waals surface area contributed by atoms with Gasteiger partial charge < -0.3 is 5.11 Å². The molecule has 1 N–H and O–H groups in total. The molecular formula is C19H13Cl2F2N3O2. The lowest BCUT2D eigenvalue weighted by molar-refractivity contribution is 0.0690. The van der Waals surface area contributed by atoms with E-state index in [4.69, 9.17) is 23.2 Å². The van der Waals surface area contributed by atoms with Crippen LogP contribution >= 0.6 is 23.2 Å². The van der Waals surface area contributed by atoms with Gasteiger partial charge in [0.25, 0.3) is 0 Å². The SMILES string of the molecule is CC(C)(c1cc(Cl)cc(C(=O)O)n1)c1cc(Cl)cc(-c2ccc(F)nc2F)n1. The van der Waals surface area contributed by atoms with Crippen molar-refractivity contribution < 1.29 is 18.7 Å². The molecule has 28 heavy (non-hydrogen) atoms. The Morgan fingerprint density at radius 1 is 0.964 bits per heavy atom. The molecule has 5 nitrogen and oxygen atoms in total. The third-order valence-corrected chi connectivity index (χ3v) is 4.61. The molecule has 3 aromatic rings. The van der Waals surface area contributed by atoms with Gasteiger partial charge in [-0.25, -0.2) is 9.78 Å². The predicted octanol–water partition coefficient (Wildman–Crippen LogP) is 5.15. The second kappa shape index (κ2) is 7.41. The highest BCUT2D eigenvalue weighted by molar-refractivity contribution is 6.31. The van der Waals surface area contributed by atoms with Gasteiger partial charge in [0, 0.05) is 15.5 Å². The third kappa shape index (κ3) is 3.95. The minimum absolute atomic E-state index is 0.0220. The first-order valence-electron chi connectivity index (χ1n) is 8.00. The van der Waals surface area contributed by atoms with E-state index in [-0.39, 0.29) is 27.0 Å². The van der Waals surface area contributed by atoms with Crippen LogP contribution in [0.1, 0.15) is 35.7 Å². The van der Waals surface area contributed by atoms with E-state index in [0.717, 1.165) is 6.07 Å². The van der Waals surface area contributed by atoms with Crippen LogP contribution < -0.4 is 0 Å². The molecule has 0 bridgehead atoms. The minimum Gasteiger partial charge on any atom is -0.477 e. The molecule has 0 saturated heterocycles. The second-order valence-corrected chi connectivity index (χ2v) is 7.39. The topological polar surface area (TPSA) is 76.0 Å². The van der Waals surface area contributed by atoms with Crippen LogP contribution in [-0.4, -0.2) is 26.0 Å². The number of carboxylic acids is 1. The summed E-state index contributed by atoms with van der Waals surface area (Å²) in [6.07, 6.45) is 0. The van der Waals surface area contributed by atoms with Gasteiger partial charge in [-0.05, 0) is 50.2 Å². The van der Waals surface area contributed by atoms with Crippen LogP contribution in [0, 0.1) is 11.9 Å². The lowest BCUT2D eigenvalue weighted by Gasteiger charge is -2.25. The molecule has 0 fully saturated rings. The molecule has 0 aliphatic rings. The van der Waals surface area contributed by atoms with Crippen molar-refractivity contribution in [2.45, 2.75) is 19.3 Å². The molecule has 144 valence electrons. The van der Waals surface area contributed by atoms with E-state index in [0.29, 0.717) is 11.4 Å². The maximum atomic E-state index is 14.1. The van der Waals surface area contributed by atoms with Gasteiger partial charge in [-0.1, -0.05) is 23.2 Å². The zero-order valence-electron chi connectivity index (χ0n) is 14.7. The Morgan fingerprint density at radius 2 is 1.57 bits per heavy atom. The quantitative estimate of drug-likeness (QED) is 0.587. The Kier molecular flexibility index (Phi) is 5.32. The van der Waals surface area contributed by atoms with Crippen molar-refractivity contribution in [1.82, 2.24) is 15.0 Å². The first-order valence-corrected chi connectivity index (χ1v) is 8.75. The molecule has 0 saturated carbocycles. The first-order chi connectivity index (χ1) is 13.1. The smallest absolute Gasteiger partial charge is 0.354 e. The Hall–Kier alpha value is -2.64. The Bertz CT molecular complexity index is 1090. The fraction of sp³-hybridized carbons (Fsp3) is 0.158. The predicted molar refractivity (Wildman–Crippen MR) is 101 cm³/mol. The van der Waals surface area contributed by atoms with Crippen LogP contribution in [0.3, 0.4) is 0 Å². The minimum atomic E-state index is -1.22. The number of aromatic carboxylic acids is 1. The van der Waals surface area contributed by atoms with Gasteiger partial charge in [0.2, 0.25) is 11.9 Å². The zero-order chi connectivity index (χ0) is 20.6. The molecule has 0 aliphatic heterocycles. The molecule has 0 unspecified atom stereocenters. The van der Waals surface area contributed by atoms with Crippen molar-refractivity contribution in [3.63, 3.8) is 0 Å². The molecular weight excluding hydrogens is 411 g/mol. The largest absolute Gasteiger partial charge is 0.477 e. The molecule has 3 rings (SSSR count). The summed E-state index contributed by atoms with van der Waals surface area (Å²) in [4.78, 5) is 23.0. The van der Waals surface area contributed by atoms with Crippen LogP contribution in [0.4, 0.5) is 8.78 Å². The molecule has 0 aliphatic carbocycles. The van der Waals surface area contributed by atoms with Crippen LogP contribution in [0.15, 0.2) is 36.4 Å². The first kappa shape index (κ1) is 20.1. The number of hydrogen-bond donors (Lipinski definition) is 1. The van der Waals surface area contributed by atoms with E-state index in [1.54, 1.807) is 19.9 Å². The number of carboxylic acid groups (broad SMARTS) is 1. The second-order valence-electron chi connectivity index (χ2n) is 6.51. The number of rotatable bonds is 4. The van der Waals surface area contributed by atoms with Crippen molar-refractivity contribution in [3.05, 3.63) is 75.4 Å². The zero-order valence-corrected chi connectivity index (χ0v) is 16.2. The lowest BCUT2D eigenvalue weighted by Crippen LogP contribution is -2.23. The summed E-state index contributed by atoms with van der Waals surface area (Å²) < 4.78 is 27.2. The van der Waals surface area contributed by atoms with E-state index in [1.807, 2.05) is 0 Å². The van der Waals surface area contributed by atoms with E-state index in [1.165, 1.54) is 24.3 Å². The maximum Gasteiger partial charge on any atom is 0.354 e. The number of nitrogens with zero attached hydrogens (tertiary/aromatic N) is 3. The summed E-state index contributed by atoms with van der Waals surface area (Å²) >= 11 is 12.2. The van der Waals surface area contributed by atoms with Crippen molar-refractivity contribution in [2.24, 2.45) is 0 Å². The summed E-state index contributed by atoms with van der Waals surface area (Å²) in [5.41, 5.74) is -0.266. The van der Waals surface area contributed by atoms with Crippen molar-refractivity contribution in [2.75, 3.05) is 0 Å². The number of hydrogen-bond acceptors (Lipinski definition) is 4. The summed E-state index contributed by atoms with van der Waals surface area (Å²) in [6, 6.07) is 7.98. The molecule has 0 amide bonds. The highest BCUT2D eigenvalue weighted by Gasteiger charge is 2.29. The number of pyridine rings is 3. The lowest BCUT2D eigenvalue weighted by atomic mass is 9.84. The summed E-state index contributed by atoms with van der Waals surface area (Å²) in [6.45, 7) is 3.50. The number of halogens is 4. The average Bonchev–Trinajstić information content (AvgIpc) is 2.60. The van der Waals surface area contributed by atoms with Gasteiger partial charge in [0.05, 0.1) is 22.6 Å². The van der Waals surface area contributed by atoms with Gasteiger partial charge in [-0.15, -0.1) is 0 Å². The van der Waals surface area contributed by atoms with Crippen LogP contribution in [0.5, 0.6) is 0 Å². The highest BCUT2D eigenvalue weighted by atomic mass is 35.5. The summed E-state index contributed by atoms with van der Waals surface area (Å²) in [5.74, 6) is -3.19. The molecule has 3 heterocycles. The molecule has 0 atom stereocenters. The molecule has 0 aromatic carbocycles. The fourth-order valence-corrected chi connectivity index (χ4v) is 3.03. The van der Waals surface area contributed by atoms with E-state index in [9.17, 15) is 18.7 Å². The molecule has 3 aromatic heterocycles. The third-order valence-electron chi connectivity index (χ3n) is 4.17. The average molecular weight is 424 g/mol. The van der Waals surface area contributed by atoms with Gasteiger partial charge >= 0.3 is 5.97 Å². The van der Waals surface area contributed by atoms with Gasteiger partial charge in [-0.2, -0.15) is 13.8 Å². The fourth-order valence-electron chi connectivity index (χ4n) is 2.62. The Morgan fingerprint density at radius 3 is 2.18 bits per heavy atom. The normalized spacial score (nSPS) is 11.5. The molecule has 0 radical (unpaired) electrons. The van der Waals surface area contributed by atoms with Crippen molar-refractivity contribution in [3.8, 4) is 11.3 Å². The Labute approximate surface area is 169 Å². The summed E-state index contributed by atoms with van der Waals surface area (Å²) in [7, 11) is 0. The van der Waals surface area contributed by atoms with Crippen molar-refractivity contribution >= 4 is 29.2 Å². The number of aromatic nitrogens is 3. The van der Waals surface area contributed by atoms with Gasteiger partial charge in [0.15, 0.2) is 0 Å². The van der Waals surface area contributed by atoms with Crippen LogP contribution in [-0.2, 0) is 5.41 Å². The molecule has 0 spiro atoms. The molecule has 9 heteroatoms. The Balaban J connectivity index is 2.15. The van der Waals surface area contributed by atoms with Crippen LogP contribution in [0.2, 0.25) is 10.0 Å². The maximum absolute atomic E-state index is 14.1. The van der Waals surface area contributed by atoms with Gasteiger partial charge in [-0.3, -0.25) is 4.98 Å². The monoisotopic (exact) mass is 423 g/mol. The standard InChI is InChI=1S/C19H13Cl2F2N3O2/c1-19(2,15-8-10(21)6-13(25-15)18(27)28)14-7-9(20)5-12(24-14)11-3-4-16(22)26-17(11)23/h3-8H,1-2H3,(H,27,28). The van der Waals surface area contributed by atoms with Crippen molar-refractivity contribution in [1.29, 1.82) is 0 Å².